The van der Waals surface area contributed by atoms with Crippen LogP contribution < -0.4 is 4.90 Å². The standard InChI is InChI=1S/C19H18N2O/c1-19(2)16-9-8-15(13-20)12-17(16)21(18(19)22)11-10-14-6-4-3-5-7-14/h3-9,12H,10-11H2,1-2H3. The van der Waals surface area contributed by atoms with Crippen LogP contribution in [0.25, 0.3) is 0 Å². The monoisotopic (exact) mass is 290 g/mol. The second-order valence-corrected chi connectivity index (χ2v) is 6.16. The molecule has 1 heterocycles. The summed E-state index contributed by atoms with van der Waals surface area (Å²) >= 11 is 0. The van der Waals surface area contributed by atoms with Gasteiger partial charge in [0.15, 0.2) is 0 Å². The van der Waals surface area contributed by atoms with Gasteiger partial charge in [0.1, 0.15) is 0 Å². The van der Waals surface area contributed by atoms with Crippen LogP contribution in [0.3, 0.4) is 0 Å². The molecule has 1 aliphatic rings. The van der Waals surface area contributed by atoms with Crippen molar-refractivity contribution in [2.45, 2.75) is 25.7 Å². The lowest BCUT2D eigenvalue weighted by Crippen LogP contribution is -2.37. The lowest BCUT2D eigenvalue weighted by Gasteiger charge is -2.20. The fourth-order valence-electron chi connectivity index (χ4n) is 3.02. The molecule has 0 N–H and O–H groups in total. The molecule has 0 saturated carbocycles. The summed E-state index contributed by atoms with van der Waals surface area (Å²) in [5.41, 5.74) is 3.15. The van der Waals surface area contributed by atoms with Crippen LogP contribution in [0.4, 0.5) is 5.69 Å². The minimum atomic E-state index is -0.528. The Bertz CT molecular complexity index is 757. The van der Waals surface area contributed by atoms with Gasteiger partial charge in [-0.25, -0.2) is 0 Å². The molecule has 1 amide bonds. The first kappa shape index (κ1) is 14.3. The van der Waals surface area contributed by atoms with Crippen molar-refractivity contribution >= 4 is 11.6 Å². The second-order valence-electron chi connectivity index (χ2n) is 6.16. The highest BCUT2D eigenvalue weighted by Gasteiger charge is 2.43. The van der Waals surface area contributed by atoms with Crippen LogP contribution in [-0.2, 0) is 16.6 Å². The first-order valence-electron chi connectivity index (χ1n) is 7.44. The number of hydrogen-bond donors (Lipinski definition) is 0. The third-order valence-electron chi connectivity index (χ3n) is 4.34. The third-order valence-corrected chi connectivity index (χ3v) is 4.34. The zero-order valence-corrected chi connectivity index (χ0v) is 12.8. The number of amides is 1. The number of carbonyl (C=O) groups is 1. The van der Waals surface area contributed by atoms with E-state index in [4.69, 9.17) is 5.26 Å². The number of hydrogen-bond acceptors (Lipinski definition) is 2. The van der Waals surface area contributed by atoms with Crippen LogP contribution in [0.15, 0.2) is 48.5 Å². The van der Waals surface area contributed by atoms with Gasteiger partial charge >= 0.3 is 0 Å². The fourth-order valence-corrected chi connectivity index (χ4v) is 3.02. The quantitative estimate of drug-likeness (QED) is 0.869. The average molecular weight is 290 g/mol. The molecule has 22 heavy (non-hydrogen) atoms. The molecule has 0 radical (unpaired) electrons. The van der Waals surface area contributed by atoms with Gasteiger partial charge in [0.2, 0.25) is 5.91 Å². The summed E-state index contributed by atoms with van der Waals surface area (Å²) in [4.78, 5) is 14.6. The van der Waals surface area contributed by atoms with Crippen molar-refractivity contribution in [3.8, 4) is 6.07 Å². The van der Waals surface area contributed by atoms with Gasteiger partial charge in [0.05, 0.1) is 17.0 Å². The molecule has 0 bridgehead atoms. The highest BCUT2D eigenvalue weighted by Crippen LogP contribution is 2.41. The molecular formula is C19H18N2O. The Kier molecular flexibility index (Phi) is 3.46. The van der Waals surface area contributed by atoms with Gasteiger partial charge < -0.3 is 4.90 Å². The van der Waals surface area contributed by atoms with Gasteiger partial charge in [-0.2, -0.15) is 5.26 Å². The molecule has 0 aromatic heterocycles. The van der Waals surface area contributed by atoms with Crippen molar-refractivity contribution in [3.63, 3.8) is 0 Å². The predicted molar refractivity (Wildman–Crippen MR) is 86.7 cm³/mol. The number of fused-ring (bicyclic) bond motifs is 1. The smallest absolute Gasteiger partial charge is 0.237 e. The Morgan fingerprint density at radius 2 is 1.86 bits per heavy atom. The fraction of sp³-hybridized carbons (Fsp3) is 0.263. The molecule has 0 fully saturated rings. The zero-order valence-electron chi connectivity index (χ0n) is 12.8. The van der Waals surface area contributed by atoms with E-state index in [1.54, 1.807) is 6.07 Å². The van der Waals surface area contributed by atoms with Crippen molar-refractivity contribution in [2.75, 3.05) is 11.4 Å². The van der Waals surface area contributed by atoms with E-state index in [0.717, 1.165) is 17.7 Å². The minimum absolute atomic E-state index is 0.105. The van der Waals surface area contributed by atoms with Crippen LogP contribution in [0.2, 0.25) is 0 Å². The number of nitrogens with zero attached hydrogens (tertiary/aromatic N) is 2. The molecule has 0 aliphatic carbocycles. The molecule has 0 atom stereocenters. The van der Waals surface area contributed by atoms with Crippen LogP contribution in [0.5, 0.6) is 0 Å². The van der Waals surface area contributed by atoms with Crippen molar-refractivity contribution in [3.05, 3.63) is 65.2 Å². The minimum Gasteiger partial charge on any atom is -0.311 e. The van der Waals surface area contributed by atoms with Gasteiger partial charge in [-0.15, -0.1) is 0 Å². The lowest BCUT2D eigenvalue weighted by atomic mass is 9.86. The van der Waals surface area contributed by atoms with Crippen molar-refractivity contribution in [1.82, 2.24) is 0 Å². The van der Waals surface area contributed by atoms with E-state index in [1.807, 2.05) is 49.1 Å². The van der Waals surface area contributed by atoms with Crippen LogP contribution in [-0.4, -0.2) is 12.5 Å². The van der Waals surface area contributed by atoms with Crippen molar-refractivity contribution < 1.29 is 4.79 Å². The van der Waals surface area contributed by atoms with Gasteiger partial charge in [0, 0.05) is 12.2 Å². The highest BCUT2D eigenvalue weighted by atomic mass is 16.2. The molecule has 0 unspecified atom stereocenters. The molecule has 3 rings (SSSR count). The number of carbonyl (C=O) groups excluding carboxylic acids is 1. The maximum atomic E-state index is 12.7. The summed E-state index contributed by atoms with van der Waals surface area (Å²) in [6, 6.07) is 17.8. The number of nitriles is 1. The average Bonchev–Trinajstić information content (AvgIpc) is 2.73. The van der Waals surface area contributed by atoms with Crippen LogP contribution in [0.1, 0.15) is 30.5 Å². The second kappa shape index (κ2) is 5.31. The Hall–Kier alpha value is -2.60. The van der Waals surface area contributed by atoms with Crippen LogP contribution in [0, 0.1) is 11.3 Å². The Morgan fingerprint density at radius 3 is 2.55 bits per heavy atom. The molecule has 2 aromatic rings. The van der Waals surface area contributed by atoms with E-state index in [0.29, 0.717) is 12.1 Å². The van der Waals surface area contributed by atoms with E-state index in [-0.39, 0.29) is 5.91 Å². The van der Waals surface area contributed by atoms with E-state index < -0.39 is 5.41 Å². The number of anilines is 1. The molecule has 110 valence electrons. The molecule has 0 saturated heterocycles. The molecular weight excluding hydrogens is 272 g/mol. The Morgan fingerprint density at radius 1 is 1.14 bits per heavy atom. The predicted octanol–water partition coefficient (Wildman–Crippen LogP) is 3.43. The molecule has 0 spiro atoms. The van der Waals surface area contributed by atoms with Gasteiger partial charge in [-0.3, -0.25) is 4.79 Å². The van der Waals surface area contributed by atoms with Gasteiger partial charge in [0.25, 0.3) is 0 Å². The summed E-state index contributed by atoms with van der Waals surface area (Å²) < 4.78 is 0. The van der Waals surface area contributed by atoms with E-state index in [9.17, 15) is 4.79 Å². The largest absolute Gasteiger partial charge is 0.311 e. The molecule has 3 heteroatoms. The summed E-state index contributed by atoms with van der Waals surface area (Å²) in [5, 5.41) is 9.11. The SMILES string of the molecule is CC1(C)C(=O)N(CCc2ccccc2)c2cc(C#N)ccc21. The zero-order chi connectivity index (χ0) is 15.7. The Labute approximate surface area is 130 Å². The van der Waals surface area contributed by atoms with Crippen LogP contribution >= 0.6 is 0 Å². The summed E-state index contributed by atoms with van der Waals surface area (Å²) in [5.74, 6) is 0.105. The molecule has 1 aliphatic heterocycles. The summed E-state index contributed by atoms with van der Waals surface area (Å²) in [6.07, 6.45) is 0.804. The maximum absolute atomic E-state index is 12.7. The highest BCUT2D eigenvalue weighted by molar-refractivity contribution is 6.07. The van der Waals surface area contributed by atoms with E-state index in [1.165, 1.54) is 5.56 Å². The normalized spacial score (nSPS) is 15.5. The number of rotatable bonds is 3. The van der Waals surface area contributed by atoms with Crippen molar-refractivity contribution in [1.29, 1.82) is 5.26 Å². The van der Waals surface area contributed by atoms with E-state index >= 15 is 0 Å². The first-order chi connectivity index (χ1) is 10.5. The summed E-state index contributed by atoms with van der Waals surface area (Å²) in [6.45, 7) is 4.53. The molecule has 3 nitrogen and oxygen atoms in total. The Balaban J connectivity index is 1.92. The van der Waals surface area contributed by atoms with E-state index in [2.05, 4.69) is 18.2 Å². The first-order valence-corrected chi connectivity index (χ1v) is 7.44. The lowest BCUT2D eigenvalue weighted by molar-refractivity contribution is -0.122. The van der Waals surface area contributed by atoms with Gasteiger partial charge in [-0.05, 0) is 43.5 Å². The van der Waals surface area contributed by atoms with Crippen molar-refractivity contribution in [2.24, 2.45) is 0 Å². The summed E-state index contributed by atoms with van der Waals surface area (Å²) in [7, 11) is 0. The van der Waals surface area contributed by atoms with Gasteiger partial charge in [-0.1, -0.05) is 36.4 Å². The number of benzene rings is 2. The maximum Gasteiger partial charge on any atom is 0.237 e. The molecule has 2 aromatic carbocycles. The topological polar surface area (TPSA) is 44.1 Å². The third kappa shape index (κ3) is 2.27.